The van der Waals surface area contributed by atoms with Crippen molar-refractivity contribution in [3.63, 3.8) is 0 Å². The highest BCUT2D eigenvalue weighted by atomic mass is 35.5. The maximum absolute atomic E-state index is 14.4. The Hall–Kier alpha value is -4.98. The summed E-state index contributed by atoms with van der Waals surface area (Å²) < 4.78 is 0. The normalized spacial score (nSPS) is 17.4. The molecular weight excluding hydrogens is 627 g/mol. The molecule has 3 aromatic carbocycles. The number of pyridine rings is 1. The van der Waals surface area contributed by atoms with Crippen LogP contribution in [0.5, 0.6) is 0 Å². The van der Waals surface area contributed by atoms with Gasteiger partial charge in [-0.15, -0.1) is 0 Å². The van der Waals surface area contributed by atoms with E-state index in [0.29, 0.717) is 28.1 Å². The molecule has 1 amide bonds. The fraction of sp³-hybridized carbons (Fsp3) is 0.158. The molecule has 0 saturated carbocycles. The molecule has 2 unspecified atom stereocenters. The largest absolute Gasteiger partial charge is 0.350 e. The number of benzene rings is 3. The number of fused-ring (bicyclic) bond motifs is 2. The summed E-state index contributed by atoms with van der Waals surface area (Å²) in [5.41, 5.74) is 8.15. The predicted molar refractivity (Wildman–Crippen MR) is 191 cm³/mol. The number of H-pyrrole nitrogens is 1. The number of halogens is 2. The van der Waals surface area contributed by atoms with Gasteiger partial charge < -0.3 is 20.6 Å². The van der Waals surface area contributed by atoms with Gasteiger partial charge in [0.25, 0.3) is 5.91 Å². The molecule has 234 valence electrons. The minimum absolute atomic E-state index is 0.156. The van der Waals surface area contributed by atoms with Crippen LogP contribution in [0.3, 0.4) is 0 Å². The lowest BCUT2D eigenvalue weighted by Gasteiger charge is -2.39. The van der Waals surface area contributed by atoms with E-state index in [-0.39, 0.29) is 24.3 Å². The molecule has 47 heavy (non-hydrogen) atoms. The van der Waals surface area contributed by atoms with E-state index in [2.05, 4.69) is 68.6 Å². The summed E-state index contributed by atoms with van der Waals surface area (Å²) in [6, 6.07) is 25.7. The first-order valence-corrected chi connectivity index (χ1v) is 16.3. The van der Waals surface area contributed by atoms with Crippen LogP contribution in [0.25, 0.3) is 22.2 Å². The second-order valence-electron chi connectivity index (χ2n) is 11.8. The highest BCUT2D eigenvalue weighted by Crippen LogP contribution is 2.52. The quantitative estimate of drug-likeness (QED) is 0.120. The summed E-state index contributed by atoms with van der Waals surface area (Å²) >= 11 is 13.1. The monoisotopic (exact) mass is 658 g/mol. The third-order valence-corrected chi connectivity index (χ3v) is 9.16. The second kappa shape index (κ2) is 13.0. The molecular formula is C38H32Cl2N6O. The van der Waals surface area contributed by atoms with Gasteiger partial charge in [0.05, 0.1) is 18.3 Å². The molecule has 0 aliphatic carbocycles. The van der Waals surface area contributed by atoms with Crippen LogP contribution in [0.15, 0.2) is 109 Å². The molecule has 5 aromatic rings. The van der Waals surface area contributed by atoms with Crippen molar-refractivity contribution < 1.29 is 4.79 Å². The predicted octanol–water partition coefficient (Wildman–Crippen LogP) is 9.06. The number of nitrogens with one attached hydrogen (secondary N) is 3. The molecule has 7 rings (SSSR count). The summed E-state index contributed by atoms with van der Waals surface area (Å²) in [5, 5.41) is 13.0. The molecule has 2 aliphatic rings. The minimum Gasteiger partial charge on any atom is -0.350 e. The number of aromatic nitrogens is 2. The Kier molecular flexibility index (Phi) is 8.50. The number of hydrogen-bond donors (Lipinski definition) is 3. The van der Waals surface area contributed by atoms with E-state index in [1.165, 1.54) is 6.21 Å². The first kappa shape index (κ1) is 30.7. The lowest BCUT2D eigenvalue weighted by molar-refractivity contribution is 0.0972. The van der Waals surface area contributed by atoms with Crippen LogP contribution in [-0.4, -0.2) is 32.8 Å². The third kappa shape index (κ3) is 5.88. The van der Waals surface area contributed by atoms with E-state index in [1.54, 1.807) is 12.4 Å². The first-order valence-electron chi connectivity index (χ1n) is 15.5. The standard InChI is InChI=1S/C38H32Cl2N6O/c1-23-7-6-18-46-36(26-11-13-27(39)14-12-26)29-19-28(40)20-30-33(29)34(37(46)32(23)25-9-3-2-4-10-25)35(44-30)38(47)45-31(15-16-41)43-22-24-8-5-17-42-21-24/h2-6,8-14,16-21,23,36,41,44H,7,15,22H2,1H3,(H,43,45,47). The zero-order chi connectivity index (χ0) is 32.5. The van der Waals surface area contributed by atoms with Gasteiger partial charge in [-0.2, -0.15) is 0 Å². The van der Waals surface area contributed by atoms with Crippen molar-refractivity contribution in [1.82, 2.24) is 20.2 Å². The van der Waals surface area contributed by atoms with Gasteiger partial charge in [-0.3, -0.25) is 14.8 Å². The Labute approximate surface area is 283 Å². The Morgan fingerprint density at radius 2 is 1.89 bits per heavy atom. The van der Waals surface area contributed by atoms with Gasteiger partial charge in [0, 0.05) is 57.7 Å². The maximum Gasteiger partial charge on any atom is 0.273 e. The van der Waals surface area contributed by atoms with Gasteiger partial charge in [-0.1, -0.05) is 84.7 Å². The molecule has 7 nitrogen and oxygen atoms in total. The molecule has 3 N–H and O–H groups in total. The summed E-state index contributed by atoms with van der Waals surface area (Å²) in [4.78, 5) is 28.9. The molecule has 2 aliphatic heterocycles. The van der Waals surface area contributed by atoms with E-state index in [4.69, 9.17) is 28.6 Å². The molecule has 0 radical (unpaired) electrons. The Balaban J connectivity index is 1.47. The van der Waals surface area contributed by atoms with Crippen LogP contribution in [0.4, 0.5) is 0 Å². The van der Waals surface area contributed by atoms with Crippen molar-refractivity contribution in [3.05, 3.63) is 147 Å². The Bertz CT molecular complexity index is 2070. The van der Waals surface area contributed by atoms with Crippen molar-refractivity contribution in [2.24, 2.45) is 10.9 Å². The van der Waals surface area contributed by atoms with E-state index in [9.17, 15) is 4.79 Å². The summed E-state index contributed by atoms with van der Waals surface area (Å²) in [6.45, 7) is 2.56. The molecule has 0 fully saturated rings. The van der Waals surface area contributed by atoms with Crippen molar-refractivity contribution in [2.75, 3.05) is 0 Å². The van der Waals surface area contributed by atoms with Gasteiger partial charge in [0.15, 0.2) is 0 Å². The number of rotatable bonds is 7. The molecule has 9 heteroatoms. The first-order chi connectivity index (χ1) is 22.9. The number of carbonyl (C=O) groups excluding carboxylic acids is 1. The molecule has 0 saturated heterocycles. The number of aliphatic imine (C=N–C) groups is 1. The lowest BCUT2D eigenvalue weighted by atomic mass is 9.82. The Morgan fingerprint density at radius 3 is 2.64 bits per heavy atom. The van der Waals surface area contributed by atoms with E-state index >= 15 is 0 Å². The Morgan fingerprint density at radius 1 is 1.09 bits per heavy atom. The number of amides is 1. The van der Waals surface area contributed by atoms with Crippen molar-refractivity contribution in [3.8, 4) is 0 Å². The smallest absolute Gasteiger partial charge is 0.273 e. The van der Waals surface area contributed by atoms with E-state index in [0.717, 1.165) is 56.4 Å². The van der Waals surface area contributed by atoms with Gasteiger partial charge >= 0.3 is 0 Å². The van der Waals surface area contributed by atoms with E-state index in [1.807, 2.05) is 54.6 Å². The zero-order valence-corrected chi connectivity index (χ0v) is 27.2. The van der Waals surface area contributed by atoms with Gasteiger partial charge in [-0.25, -0.2) is 0 Å². The summed E-state index contributed by atoms with van der Waals surface area (Å²) in [5.74, 6) is 0.218. The highest BCUT2D eigenvalue weighted by molar-refractivity contribution is 6.32. The zero-order valence-electron chi connectivity index (χ0n) is 25.7. The topological polar surface area (TPSA) is 97.2 Å². The van der Waals surface area contributed by atoms with Gasteiger partial charge in [0.2, 0.25) is 0 Å². The molecule has 0 bridgehead atoms. The van der Waals surface area contributed by atoms with Crippen LogP contribution in [0.1, 0.15) is 64.1 Å². The van der Waals surface area contributed by atoms with Crippen LogP contribution >= 0.6 is 23.2 Å². The lowest BCUT2D eigenvalue weighted by Crippen LogP contribution is -2.33. The van der Waals surface area contributed by atoms with E-state index < -0.39 is 0 Å². The fourth-order valence-corrected chi connectivity index (χ4v) is 7.02. The van der Waals surface area contributed by atoms with Crippen molar-refractivity contribution >= 4 is 63.3 Å². The molecule has 2 atom stereocenters. The van der Waals surface area contributed by atoms with Crippen LogP contribution in [0.2, 0.25) is 10.0 Å². The number of aromatic amines is 1. The third-order valence-electron chi connectivity index (χ3n) is 8.69. The van der Waals surface area contributed by atoms with Crippen LogP contribution in [-0.2, 0) is 6.54 Å². The molecule has 0 spiro atoms. The van der Waals surface area contributed by atoms with Crippen LogP contribution in [0, 0.1) is 11.3 Å². The van der Waals surface area contributed by atoms with Gasteiger partial charge in [-0.05, 0) is 70.5 Å². The number of carbonyl (C=O) groups is 1. The van der Waals surface area contributed by atoms with Crippen LogP contribution < -0.4 is 5.32 Å². The maximum atomic E-state index is 14.4. The average Bonchev–Trinajstić information content (AvgIpc) is 3.37. The summed E-state index contributed by atoms with van der Waals surface area (Å²) in [6.07, 6.45) is 10.0. The second-order valence-corrected chi connectivity index (χ2v) is 12.7. The van der Waals surface area contributed by atoms with Crippen molar-refractivity contribution in [1.29, 1.82) is 5.41 Å². The highest BCUT2D eigenvalue weighted by Gasteiger charge is 2.39. The molecule has 4 heterocycles. The number of allylic oxidation sites excluding steroid dienone is 2. The fourth-order valence-electron chi connectivity index (χ4n) is 6.67. The number of hydrogen-bond acceptors (Lipinski definition) is 5. The SMILES string of the molecule is CC1CC=CN2C(=C1c1ccccc1)c1c(C(=O)NC(CC=N)=NCc3cccnc3)[nH]c3cc(Cl)cc(c13)C2c1ccc(Cl)cc1. The number of amidine groups is 1. The number of nitrogens with zero attached hydrogens (tertiary/aromatic N) is 3. The van der Waals surface area contributed by atoms with Crippen molar-refractivity contribution in [2.45, 2.75) is 32.4 Å². The molecule has 2 aromatic heterocycles. The van der Waals surface area contributed by atoms with Gasteiger partial charge in [0.1, 0.15) is 11.5 Å². The average molecular weight is 660 g/mol. The minimum atomic E-state index is -0.337. The summed E-state index contributed by atoms with van der Waals surface area (Å²) in [7, 11) is 0.